The van der Waals surface area contributed by atoms with Gasteiger partial charge in [-0.05, 0) is 0 Å². The summed E-state index contributed by atoms with van der Waals surface area (Å²) in [6.07, 6.45) is 0. The molecule has 263 valence electrons. The van der Waals surface area contributed by atoms with Crippen LogP contribution >= 0.6 is 11.9 Å². The fourth-order valence-corrected chi connectivity index (χ4v) is 51.4. The Morgan fingerprint density at radius 2 is 0.431 bits per heavy atom. The molecule has 6 rings (SSSR count). The summed E-state index contributed by atoms with van der Waals surface area (Å²) in [7, 11) is -5.41. The Labute approximate surface area is 303 Å². The van der Waals surface area contributed by atoms with E-state index in [2.05, 4.69) is 146 Å². The summed E-state index contributed by atoms with van der Waals surface area (Å²) in [6.45, 7) is 12.2. The molecule has 0 fully saturated rings. The standard InChI is InChI=1S/2C21H21P.3CHO.Fe/c2*1-16-4-10-19(11-5-16)22(20-12-6-17(2)7-13-20)21-14-8-18(3)9-15-21;3*1-2;/h2*4-15H,1-3H3;3*1H;/q;;;;;-2/p+2. The molecule has 51 heavy (non-hydrogen) atoms. The van der Waals surface area contributed by atoms with E-state index in [1.165, 1.54) is 0 Å². The fraction of sp³-hybridized carbons (Fsp3) is 0.133. The molecule has 0 aliphatic rings. The van der Waals surface area contributed by atoms with Gasteiger partial charge in [0.15, 0.2) is 0 Å². The second-order valence-electron chi connectivity index (χ2n) is 13.8. The van der Waals surface area contributed by atoms with Gasteiger partial charge in [0.2, 0.25) is 0 Å². The van der Waals surface area contributed by atoms with Crippen LogP contribution in [-0.2, 0) is 25.3 Å². The van der Waals surface area contributed by atoms with E-state index in [1.807, 2.05) is 41.5 Å². The summed E-state index contributed by atoms with van der Waals surface area (Å²) in [5.74, 6) is -8.10. The number of hydrogen-bond acceptors (Lipinski definition) is 3. The zero-order valence-corrected chi connectivity index (χ0v) is 33.3. The molecule has 6 aromatic carbocycles. The van der Waals surface area contributed by atoms with Crippen LogP contribution in [-0.4, -0.2) is 15.6 Å². The average Bonchev–Trinajstić information content (AvgIpc) is 3.15. The minimum absolute atomic E-state index is 0.873. The molecule has 0 atom stereocenters. The fourth-order valence-electron chi connectivity index (χ4n) is 7.67. The van der Waals surface area contributed by atoms with Crippen molar-refractivity contribution < 1.29 is 25.3 Å². The van der Waals surface area contributed by atoms with Gasteiger partial charge >= 0.3 is 305 Å². The topological polar surface area (TPSA) is 51.2 Å². The summed E-state index contributed by atoms with van der Waals surface area (Å²) in [5.41, 5.74) is 6.33. The Balaban J connectivity index is 2.05. The molecule has 0 bridgehead atoms. The summed E-state index contributed by atoms with van der Waals surface area (Å²) in [4.78, 5) is 46.2. The van der Waals surface area contributed by atoms with E-state index in [9.17, 15) is 0 Å². The van der Waals surface area contributed by atoms with Crippen molar-refractivity contribution in [2.45, 2.75) is 41.5 Å². The molecular weight excluding hydrogens is 706 g/mol. The predicted molar refractivity (Wildman–Crippen MR) is 222 cm³/mol. The van der Waals surface area contributed by atoms with Gasteiger partial charge < -0.3 is 0 Å². The van der Waals surface area contributed by atoms with E-state index < -0.39 is 22.8 Å². The van der Waals surface area contributed by atoms with Crippen molar-refractivity contribution in [2.75, 3.05) is 0 Å². The van der Waals surface area contributed by atoms with E-state index in [0.717, 1.165) is 80.8 Å². The molecule has 0 aliphatic carbocycles. The summed E-state index contributed by atoms with van der Waals surface area (Å²) in [5, 5.41) is 8.03. The van der Waals surface area contributed by atoms with Gasteiger partial charge in [0.1, 0.15) is 0 Å². The van der Waals surface area contributed by atoms with Crippen LogP contribution in [0.15, 0.2) is 146 Å². The van der Waals surface area contributed by atoms with Crippen molar-refractivity contribution >= 4 is 59.3 Å². The van der Waals surface area contributed by atoms with Gasteiger partial charge in [-0.25, -0.2) is 0 Å². The van der Waals surface area contributed by atoms with Gasteiger partial charge in [0.05, 0.1) is 0 Å². The van der Waals surface area contributed by atoms with Crippen molar-refractivity contribution in [3.05, 3.63) is 179 Å². The van der Waals surface area contributed by atoms with Gasteiger partial charge in [0, 0.05) is 0 Å². The maximum atomic E-state index is 15.4. The van der Waals surface area contributed by atoms with Crippen LogP contribution in [0.4, 0.5) is 0 Å². The molecule has 6 aromatic rings. The molecule has 0 N–H and O–H groups in total. The molecule has 0 amide bonds. The van der Waals surface area contributed by atoms with Crippen molar-refractivity contribution in [1.29, 1.82) is 0 Å². The molecule has 6 heteroatoms. The van der Waals surface area contributed by atoms with Gasteiger partial charge in [-0.3, -0.25) is 0 Å². The molecule has 0 heterocycles. The third-order valence-corrected chi connectivity index (χ3v) is 46.6. The van der Waals surface area contributed by atoms with Crippen LogP contribution in [0.3, 0.4) is 0 Å². The SMILES string of the molecule is Cc1ccc([PH](c2ccc(C)cc2)(c2ccc(C)cc2)[Fe]([CH]=O)([CH]=O)([CH]=O)[PH](c2ccc(C)cc2)(c2ccc(C)cc2)c2ccc(C)cc2)cc1. The number of rotatable bonds is 11. The van der Waals surface area contributed by atoms with E-state index in [1.54, 1.807) is 0 Å². The normalized spacial score (nSPS) is 13.4. The van der Waals surface area contributed by atoms with Gasteiger partial charge in [-0.1, -0.05) is 0 Å². The Hall–Kier alpha value is -4.29. The number of aryl methyl sites for hydroxylation is 6. The van der Waals surface area contributed by atoms with Crippen molar-refractivity contribution in [2.24, 2.45) is 0 Å². The summed E-state index contributed by atoms with van der Waals surface area (Å²) < 4.78 is 0. The number of hydrogen-bond donors (Lipinski definition) is 0. The molecule has 0 radical (unpaired) electrons. The molecule has 0 unspecified atom stereocenters. The second kappa shape index (κ2) is 14.0. The predicted octanol–water partition coefficient (Wildman–Crippen LogP) is 7.38. The molecule has 0 aromatic heterocycles. The third kappa shape index (κ3) is 5.35. The number of carbonyl (C=O) groups excluding carboxylic acids is 3. The van der Waals surface area contributed by atoms with Crippen LogP contribution in [0, 0.1) is 41.5 Å². The van der Waals surface area contributed by atoms with Crippen LogP contribution < -0.4 is 31.8 Å². The minimum atomic E-state index is -5.41. The molecule has 0 saturated heterocycles. The third-order valence-electron chi connectivity index (χ3n) is 10.4. The van der Waals surface area contributed by atoms with E-state index in [4.69, 9.17) is 0 Å². The van der Waals surface area contributed by atoms with Gasteiger partial charge in [-0.15, -0.1) is 0 Å². The first-order valence-corrected chi connectivity index (χ1v) is 26.0. The second-order valence-corrected chi connectivity index (χ2v) is 36.8. The van der Waals surface area contributed by atoms with Gasteiger partial charge in [0.25, 0.3) is 0 Å². The first-order chi connectivity index (χ1) is 24.5. The molecule has 0 aliphatic heterocycles. The van der Waals surface area contributed by atoms with Gasteiger partial charge in [-0.2, -0.15) is 0 Å². The van der Waals surface area contributed by atoms with Crippen LogP contribution in [0.5, 0.6) is 0 Å². The number of benzene rings is 6. The van der Waals surface area contributed by atoms with Crippen molar-refractivity contribution in [3.63, 3.8) is 0 Å². The summed E-state index contributed by atoms with van der Waals surface area (Å²) in [6, 6.07) is 49.7. The first-order valence-electron chi connectivity index (χ1n) is 17.1. The Morgan fingerprint density at radius 3 is 0.549 bits per heavy atom. The molecule has 0 saturated carbocycles. The van der Waals surface area contributed by atoms with E-state index in [0.29, 0.717) is 0 Å². The van der Waals surface area contributed by atoms with Crippen LogP contribution in [0.25, 0.3) is 0 Å². The molecular formula is C45H47FeO3P2. The first kappa shape index (κ1) is 36.5. The average molecular weight is 754 g/mol. The Morgan fingerprint density at radius 1 is 0.294 bits per heavy atom. The molecule has 3 nitrogen and oxygen atoms in total. The van der Waals surface area contributed by atoms with Crippen LogP contribution in [0.1, 0.15) is 33.4 Å². The summed E-state index contributed by atoms with van der Waals surface area (Å²) >= 11 is 0. The zero-order chi connectivity index (χ0) is 36.5. The maximum absolute atomic E-state index is 15.4. The quantitative estimate of drug-likeness (QED) is 0.0789. The van der Waals surface area contributed by atoms with Crippen molar-refractivity contribution in [1.82, 2.24) is 0 Å². The number of carbonyl (C=O) groups is 3. The van der Waals surface area contributed by atoms with E-state index in [-0.39, 0.29) is 0 Å². The monoisotopic (exact) mass is 753 g/mol. The van der Waals surface area contributed by atoms with Crippen LogP contribution in [0.2, 0.25) is 0 Å². The van der Waals surface area contributed by atoms with E-state index >= 15 is 14.4 Å². The zero-order valence-electron chi connectivity index (χ0n) is 30.2. The Kier molecular flexibility index (Phi) is 10.0. The Bertz CT molecular complexity index is 1800. The van der Waals surface area contributed by atoms with Crippen molar-refractivity contribution in [3.8, 4) is 0 Å². The molecule has 0 spiro atoms.